The lowest BCUT2D eigenvalue weighted by Crippen LogP contribution is -3.14. The number of morpholine rings is 1. The van der Waals surface area contributed by atoms with E-state index >= 15 is 0 Å². The first-order valence-corrected chi connectivity index (χ1v) is 7.58. The Balaban J connectivity index is 1.52. The molecule has 0 spiro atoms. The average molecular weight is 295 g/mol. The fraction of sp³-hybridized carbons (Fsp3) is 0.571. The van der Waals surface area contributed by atoms with Crippen molar-refractivity contribution in [1.29, 1.82) is 0 Å². The van der Waals surface area contributed by atoms with Crippen LogP contribution >= 0.6 is 12.2 Å². The molecule has 1 aromatic heterocycles. The summed E-state index contributed by atoms with van der Waals surface area (Å²) < 4.78 is 5.34. The van der Waals surface area contributed by atoms with Gasteiger partial charge in [-0.1, -0.05) is 6.07 Å². The molecule has 2 heterocycles. The van der Waals surface area contributed by atoms with Gasteiger partial charge in [0.05, 0.1) is 26.3 Å². The first-order chi connectivity index (χ1) is 9.84. The van der Waals surface area contributed by atoms with Gasteiger partial charge in [0, 0.05) is 24.9 Å². The summed E-state index contributed by atoms with van der Waals surface area (Å²) in [5.41, 5.74) is 1.08. The van der Waals surface area contributed by atoms with Gasteiger partial charge >= 0.3 is 0 Å². The zero-order chi connectivity index (χ0) is 14.0. The Morgan fingerprint density at radius 3 is 2.80 bits per heavy atom. The van der Waals surface area contributed by atoms with Gasteiger partial charge in [-0.3, -0.25) is 4.98 Å². The fourth-order valence-corrected chi connectivity index (χ4v) is 2.38. The van der Waals surface area contributed by atoms with Crippen LogP contribution in [0.1, 0.15) is 5.69 Å². The number of pyridine rings is 1. The number of thiocarbonyl (C=S) groups is 1. The smallest absolute Gasteiger partial charge is 0.166 e. The molecular formula is C14H23N4OS+. The van der Waals surface area contributed by atoms with Crippen LogP contribution in [0.15, 0.2) is 24.4 Å². The molecule has 2 rings (SSSR count). The molecule has 1 aromatic rings. The average Bonchev–Trinajstić information content (AvgIpc) is 2.49. The van der Waals surface area contributed by atoms with Crippen molar-refractivity contribution in [3.05, 3.63) is 30.1 Å². The quantitative estimate of drug-likeness (QED) is 0.588. The van der Waals surface area contributed by atoms with Crippen molar-refractivity contribution >= 4 is 17.3 Å². The summed E-state index contributed by atoms with van der Waals surface area (Å²) in [6, 6.07) is 5.96. The molecule has 0 unspecified atom stereocenters. The normalized spacial score (nSPS) is 15.8. The van der Waals surface area contributed by atoms with Crippen molar-refractivity contribution in [2.75, 3.05) is 45.9 Å². The molecule has 1 aliphatic rings. The van der Waals surface area contributed by atoms with Crippen LogP contribution in [0.3, 0.4) is 0 Å². The minimum atomic E-state index is 0.730. The molecule has 3 N–H and O–H groups in total. The summed E-state index contributed by atoms with van der Waals surface area (Å²) in [4.78, 5) is 5.86. The molecule has 6 heteroatoms. The van der Waals surface area contributed by atoms with Gasteiger partial charge in [0.15, 0.2) is 5.11 Å². The van der Waals surface area contributed by atoms with Crippen molar-refractivity contribution in [1.82, 2.24) is 15.6 Å². The zero-order valence-electron chi connectivity index (χ0n) is 11.7. The number of rotatable bonds is 6. The third-order valence-electron chi connectivity index (χ3n) is 3.36. The maximum absolute atomic E-state index is 5.34. The Kier molecular flexibility index (Phi) is 6.70. The first kappa shape index (κ1) is 15.2. The van der Waals surface area contributed by atoms with Gasteiger partial charge in [0.25, 0.3) is 0 Å². The number of quaternary nitrogens is 1. The highest BCUT2D eigenvalue weighted by molar-refractivity contribution is 7.80. The van der Waals surface area contributed by atoms with Gasteiger partial charge in [0.1, 0.15) is 13.1 Å². The summed E-state index contributed by atoms with van der Waals surface area (Å²) in [5, 5.41) is 7.20. The lowest BCUT2D eigenvalue weighted by Gasteiger charge is -2.24. The van der Waals surface area contributed by atoms with E-state index in [0.29, 0.717) is 0 Å². The van der Waals surface area contributed by atoms with Crippen molar-refractivity contribution in [2.24, 2.45) is 0 Å². The largest absolute Gasteiger partial charge is 0.370 e. The predicted octanol–water partition coefficient (Wildman–Crippen LogP) is -0.997. The van der Waals surface area contributed by atoms with E-state index in [0.717, 1.165) is 63.2 Å². The third-order valence-corrected chi connectivity index (χ3v) is 3.65. The fourth-order valence-electron chi connectivity index (χ4n) is 2.18. The van der Waals surface area contributed by atoms with Crippen LogP contribution in [0, 0.1) is 0 Å². The standard InChI is InChI=1S/C14H22N4OS/c20-14(16-6-4-13-3-1-2-5-15-13)17-7-8-18-9-11-19-12-10-18/h1-3,5H,4,6-12H2,(H2,16,17,20)/p+1. The van der Waals surface area contributed by atoms with Crippen LogP contribution in [0.4, 0.5) is 0 Å². The second-order valence-electron chi connectivity index (χ2n) is 4.87. The number of hydrogen-bond donors (Lipinski definition) is 3. The summed E-state index contributed by atoms with van der Waals surface area (Å²) >= 11 is 5.26. The minimum Gasteiger partial charge on any atom is -0.370 e. The van der Waals surface area contributed by atoms with Crippen molar-refractivity contribution < 1.29 is 9.64 Å². The van der Waals surface area contributed by atoms with E-state index in [1.54, 1.807) is 4.90 Å². The number of nitrogens with zero attached hydrogens (tertiary/aromatic N) is 1. The highest BCUT2D eigenvalue weighted by Crippen LogP contribution is 1.92. The summed E-state index contributed by atoms with van der Waals surface area (Å²) in [6.07, 6.45) is 2.70. The highest BCUT2D eigenvalue weighted by atomic mass is 32.1. The SMILES string of the molecule is S=C(NCCc1ccccn1)NCC[NH+]1CCOCC1. The molecule has 1 fully saturated rings. The van der Waals surface area contributed by atoms with Gasteiger partial charge in [-0.05, 0) is 24.4 Å². The topological polar surface area (TPSA) is 50.6 Å². The molecule has 0 amide bonds. The van der Waals surface area contributed by atoms with Crippen LogP contribution in [0.2, 0.25) is 0 Å². The molecule has 0 radical (unpaired) electrons. The van der Waals surface area contributed by atoms with Crippen LogP contribution in [-0.4, -0.2) is 56.0 Å². The van der Waals surface area contributed by atoms with Crippen LogP contribution < -0.4 is 15.5 Å². The lowest BCUT2D eigenvalue weighted by atomic mass is 10.3. The van der Waals surface area contributed by atoms with E-state index in [1.165, 1.54) is 0 Å². The van der Waals surface area contributed by atoms with E-state index in [4.69, 9.17) is 17.0 Å². The lowest BCUT2D eigenvalue weighted by molar-refractivity contribution is -0.906. The molecule has 0 aromatic carbocycles. The molecule has 110 valence electrons. The Hall–Kier alpha value is -1.24. The molecule has 0 aliphatic carbocycles. The Morgan fingerprint density at radius 2 is 2.05 bits per heavy atom. The molecule has 0 atom stereocenters. The van der Waals surface area contributed by atoms with E-state index in [-0.39, 0.29) is 0 Å². The second kappa shape index (κ2) is 8.84. The maximum atomic E-state index is 5.34. The monoisotopic (exact) mass is 295 g/mol. The van der Waals surface area contributed by atoms with Crippen molar-refractivity contribution in [3.63, 3.8) is 0 Å². The van der Waals surface area contributed by atoms with Gasteiger partial charge < -0.3 is 20.3 Å². The maximum Gasteiger partial charge on any atom is 0.166 e. The zero-order valence-corrected chi connectivity index (χ0v) is 12.5. The molecule has 1 saturated heterocycles. The Labute approximate surface area is 125 Å². The Bertz CT molecular complexity index is 395. The summed E-state index contributed by atoms with van der Waals surface area (Å²) in [5.74, 6) is 0. The van der Waals surface area contributed by atoms with Crippen LogP contribution in [0.5, 0.6) is 0 Å². The molecule has 5 nitrogen and oxygen atoms in total. The molecular weight excluding hydrogens is 272 g/mol. The number of nitrogens with one attached hydrogen (secondary N) is 3. The van der Waals surface area contributed by atoms with E-state index in [9.17, 15) is 0 Å². The molecule has 20 heavy (non-hydrogen) atoms. The molecule has 0 bridgehead atoms. The first-order valence-electron chi connectivity index (χ1n) is 7.17. The minimum absolute atomic E-state index is 0.730. The van der Waals surface area contributed by atoms with E-state index < -0.39 is 0 Å². The van der Waals surface area contributed by atoms with Crippen molar-refractivity contribution in [2.45, 2.75) is 6.42 Å². The molecule has 0 saturated carbocycles. The summed E-state index contributed by atoms with van der Waals surface area (Å²) in [6.45, 7) is 6.76. The van der Waals surface area contributed by atoms with Crippen molar-refractivity contribution in [3.8, 4) is 0 Å². The molecule has 1 aliphatic heterocycles. The van der Waals surface area contributed by atoms with Crippen LogP contribution in [-0.2, 0) is 11.2 Å². The number of aromatic nitrogens is 1. The second-order valence-corrected chi connectivity index (χ2v) is 5.27. The number of hydrogen-bond acceptors (Lipinski definition) is 3. The van der Waals surface area contributed by atoms with Crippen LogP contribution in [0.25, 0.3) is 0 Å². The Morgan fingerprint density at radius 1 is 1.25 bits per heavy atom. The summed E-state index contributed by atoms with van der Waals surface area (Å²) in [7, 11) is 0. The van der Waals surface area contributed by atoms with Gasteiger partial charge in [0.2, 0.25) is 0 Å². The predicted molar refractivity (Wildman–Crippen MR) is 82.9 cm³/mol. The van der Waals surface area contributed by atoms with E-state index in [2.05, 4.69) is 15.6 Å². The highest BCUT2D eigenvalue weighted by Gasteiger charge is 2.12. The van der Waals surface area contributed by atoms with Gasteiger partial charge in [-0.25, -0.2) is 0 Å². The number of ether oxygens (including phenoxy) is 1. The van der Waals surface area contributed by atoms with Gasteiger partial charge in [-0.15, -0.1) is 0 Å². The third kappa shape index (κ3) is 5.81. The van der Waals surface area contributed by atoms with E-state index in [1.807, 2.05) is 24.4 Å². The van der Waals surface area contributed by atoms with Gasteiger partial charge in [-0.2, -0.15) is 0 Å².